The van der Waals surface area contributed by atoms with E-state index in [-0.39, 0.29) is 43.9 Å². The lowest BCUT2D eigenvalue weighted by Crippen LogP contribution is -2.62. The second kappa shape index (κ2) is 19.2. The van der Waals surface area contributed by atoms with Gasteiger partial charge in [-0.05, 0) is 112 Å². The van der Waals surface area contributed by atoms with Crippen molar-refractivity contribution in [1.82, 2.24) is 35.0 Å². The van der Waals surface area contributed by atoms with Crippen LogP contribution < -0.4 is 20.1 Å². The molecule has 2 saturated heterocycles. The Balaban J connectivity index is 1.03. The number of nitrogens with zero attached hydrogens (tertiary/aromatic N) is 3. The van der Waals surface area contributed by atoms with Crippen LogP contribution in [0.1, 0.15) is 80.2 Å². The molecule has 314 valence electrons. The lowest BCUT2D eigenvalue weighted by molar-refractivity contribution is -0.147. The monoisotopic (exact) mass is 815 g/mol. The Morgan fingerprint density at radius 3 is 2.57 bits per heavy atom. The number of benzene rings is 2. The summed E-state index contributed by atoms with van der Waals surface area (Å²) >= 11 is 0. The van der Waals surface area contributed by atoms with Crippen LogP contribution in [0, 0.1) is 17.3 Å². The van der Waals surface area contributed by atoms with Crippen molar-refractivity contribution in [3.63, 3.8) is 0 Å². The standard InChI is InChI=1S/C44H61N7O6S/c1-58(55,56)48-22-6-5-11-35(27-33-15-18-44(19-16-33)20-24-49(32-44)30-34-9-3-2-4-10-34)42(53)51-26-25-50(31-39(51)41(52)47-29-37-13-8-21-46-37)43(54)57-40-14-7-12-36-28-45-23-17-38(36)40/h2-4,7-10,12-14,21,33,35,39,45-46,48H,5-6,11,15-20,22-32H2,1H3,(H,47,52)/t33?,35-,39-,44?/m0/s1. The first-order valence-corrected chi connectivity index (χ1v) is 23.1. The number of fused-ring (bicyclic) bond motifs is 1. The zero-order valence-electron chi connectivity index (χ0n) is 33.9. The lowest BCUT2D eigenvalue weighted by Gasteiger charge is -2.42. The minimum absolute atomic E-state index is 0.0220. The van der Waals surface area contributed by atoms with Crippen LogP contribution in [-0.2, 0) is 45.7 Å². The summed E-state index contributed by atoms with van der Waals surface area (Å²) in [6, 6.07) is 19.3. The SMILES string of the molecule is CS(=O)(=O)NCCCC[C@@H](CC1CCC2(CC1)CCN(Cc1ccccc1)C2)C(=O)N1CCN(C(=O)Oc2cccc3c2CCNC3)C[C@H]1C(=O)NCc1ccc[nH]1. The predicted octanol–water partition coefficient (Wildman–Crippen LogP) is 4.80. The van der Waals surface area contributed by atoms with Crippen LogP contribution in [0.4, 0.5) is 4.79 Å². The van der Waals surface area contributed by atoms with Crippen LogP contribution in [-0.4, -0.2) is 104 Å². The van der Waals surface area contributed by atoms with Crippen molar-refractivity contribution in [1.29, 1.82) is 0 Å². The zero-order chi connectivity index (χ0) is 40.5. The molecular weight excluding hydrogens is 755 g/mol. The number of carbonyl (C=O) groups is 3. The molecule has 3 amide bonds. The molecule has 2 aromatic carbocycles. The maximum absolute atomic E-state index is 14.8. The van der Waals surface area contributed by atoms with Crippen LogP contribution in [0.15, 0.2) is 66.9 Å². The molecule has 14 heteroatoms. The lowest BCUT2D eigenvalue weighted by atomic mass is 9.68. The molecule has 3 fully saturated rings. The van der Waals surface area contributed by atoms with E-state index in [1.807, 2.05) is 30.3 Å². The van der Waals surface area contributed by atoms with E-state index in [2.05, 4.69) is 55.6 Å². The first-order valence-electron chi connectivity index (χ1n) is 21.2. The first kappa shape index (κ1) is 41.9. The van der Waals surface area contributed by atoms with E-state index in [1.54, 1.807) is 16.0 Å². The number of sulfonamides is 1. The fraction of sp³-hybridized carbons (Fsp3) is 0.568. The van der Waals surface area contributed by atoms with Crippen molar-refractivity contribution in [3.05, 3.63) is 89.2 Å². The highest BCUT2D eigenvalue weighted by atomic mass is 32.2. The number of hydrogen-bond donors (Lipinski definition) is 4. The highest BCUT2D eigenvalue weighted by Crippen LogP contribution is 2.47. The summed E-state index contributed by atoms with van der Waals surface area (Å²) in [4.78, 5) is 51.6. The first-order chi connectivity index (χ1) is 28.0. The summed E-state index contributed by atoms with van der Waals surface area (Å²) in [5, 5.41) is 6.37. The maximum Gasteiger partial charge on any atom is 0.415 e. The van der Waals surface area contributed by atoms with Gasteiger partial charge in [-0.1, -0.05) is 48.9 Å². The molecule has 13 nitrogen and oxygen atoms in total. The molecule has 0 radical (unpaired) electrons. The topological polar surface area (TPSA) is 156 Å². The molecule has 0 unspecified atom stereocenters. The third kappa shape index (κ3) is 11.1. The van der Waals surface area contributed by atoms with Gasteiger partial charge in [0, 0.05) is 62.6 Å². The summed E-state index contributed by atoms with van der Waals surface area (Å²) in [6.45, 7) is 5.78. The fourth-order valence-electron chi connectivity index (χ4n) is 9.66. The Morgan fingerprint density at radius 2 is 1.79 bits per heavy atom. The second-order valence-electron chi connectivity index (χ2n) is 17.1. The molecule has 1 spiro atoms. The molecule has 58 heavy (non-hydrogen) atoms. The average Bonchev–Trinajstić information content (AvgIpc) is 3.90. The van der Waals surface area contributed by atoms with Gasteiger partial charge in [0.2, 0.25) is 21.8 Å². The largest absolute Gasteiger partial charge is 0.415 e. The molecule has 1 saturated carbocycles. The molecule has 0 bridgehead atoms. The molecule has 4 heterocycles. The molecular formula is C44H61N7O6S. The number of unbranched alkanes of at least 4 members (excludes halogenated alkanes) is 1. The summed E-state index contributed by atoms with van der Waals surface area (Å²) in [7, 11) is -3.31. The predicted molar refractivity (Wildman–Crippen MR) is 223 cm³/mol. The van der Waals surface area contributed by atoms with Gasteiger partial charge in [-0.2, -0.15) is 0 Å². The Hall–Kier alpha value is -4.24. The number of hydrogen-bond acceptors (Lipinski definition) is 8. The summed E-state index contributed by atoms with van der Waals surface area (Å²) in [6.07, 6.45) is 11.4. The van der Waals surface area contributed by atoms with Crippen LogP contribution in [0.25, 0.3) is 0 Å². The van der Waals surface area contributed by atoms with Gasteiger partial charge >= 0.3 is 6.09 Å². The molecule has 7 rings (SSSR count). The molecule has 2 atom stereocenters. The number of ether oxygens (including phenoxy) is 1. The molecule has 4 N–H and O–H groups in total. The highest BCUT2D eigenvalue weighted by Gasteiger charge is 2.43. The number of H-pyrrole nitrogens is 1. The van der Waals surface area contributed by atoms with Crippen molar-refractivity contribution >= 4 is 27.9 Å². The van der Waals surface area contributed by atoms with Gasteiger partial charge in [0.15, 0.2) is 0 Å². The fourth-order valence-corrected chi connectivity index (χ4v) is 10.2. The van der Waals surface area contributed by atoms with Gasteiger partial charge in [0.25, 0.3) is 0 Å². The number of amides is 3. The molecule has 1 aromatic heterocycles. The van der Waals surface area contributed by atoms with Gasteiger partial charge in [0.1, 0.15) is 11.8 Å². The van der Waals surface area contributed by atoms with Crippen molar-refractivity contribution < 1.29 is 27.5 Å². The van der Waals surface area contributed by atoms with E-state index in [0.29, 0.717) is 42.9 Å². The van der Waals surface area contributed by atoms with Crippen molar-refractivity contribution in [2.75, 3.05) is 52.1 Å². The number of rotatable bonds is 15. The number of likely N-dealkylation sites (tertiary alicyclic amines) is 1. The number of carbonyl (C=O) groups excluding carboxylic acids is 3. The normalized spacial score (nSPS) is 23.1. The highest BCUT2D eigenvalue weighted by molar-refractivity contribution is 7.88. The van der Waals surface area contributed by atoms with E-state index in [0.717, 1.165) is 94.3 Å². The van der Waals surface area contributed by atoms with Crippen molar-refractivity contribution in [3.8, 4) is 5.75 Å². The van der Waals surface area contributed by atoms with E-state index < -0.39 is 22.2 Å². The Kier molecular flexibility index (Phi) is 13.9. The van der Waals surface area contributed by atoms with Gasteiger partial charge in [-0.25, -0.2) is 17.9 Å². The van der Waals surface area contributed by atoms with Crippen LogP contribution in [0.2, 0.25) is 0 Å². The molecule has 3 aromatic rings. The number of piperazine rings is 1. The summed E-state index contributed by atoms with van der Waals surface area (Å²) in [5.74, 6) is 0.221. The van der Waals surface area contributed by atoms with E-state index in [9.17, 15) is 22.8 Å². The average molecular weight is 816 g/mol. The number of nitrogens with one attached hydrogen (secondary N) is 4. The summed E-state index contributed by atoms with van der Waals surface area (Å²) < 4.78 is 32.0. The van der Waals surface area contributed by atoms with Crippen molar-refractivity contribution in [2.24, 2.45) is 17.3 Å². The van der Waals surface area contributed by atoms with Gasteiger partial charge in [-0.15, -0.1) is 0 Å². The maximum atomic E-state index is 14.8. The number of aromatic nitrogens is 1. The van der Waals surface area contributed by atoms with E-state index in [1.165, 1.54) is 12.0 Å². The zero-order valence-corrected chi connectivity index (χ0v) is 34.7. The second-order valence-corrected chi connectivity index (χ2v) is 18.9. The molecule has 1 aliphatic carbocycles. The van der Waals surface area contributed by atoms with Gasteiger partial charge < -0.3 is 30.2 Å². The minimum Gasteiger partial charge on any atom is -0.410 e. The van der Waals surface area contributed by atoms with E-state index in [4.69, 9.17) is 4.74 Å². The Morgan fingerprint density at radius 1 is 0.966 bits per heavy atom. The summed E-state index contributed by atoms with van der Waals surface area (Å²) in [5.41, 5.74) is 4.63. The molecule has 3 aliphatic heterocycles. The smallest absolute Gasteiger partial charge is 0.410 e. The van der Waals surface area contributed by atoms with Crippen LogP contribution >= 0.6 is 0 Å². The molecule has 4 aliphatic rings. The quantitative estimate of drug-likeness (QED) is 0.160. The third-order valence-corrected chi connectivity index (χ3v) is 13.6. The van der Waals surface area contributed by atoms with Crippen LogP contribution in [0.5, 0.6) is 5.75 Å². The number of aromatic amines is 1. The van der Waals surface area contributed by atoms with Crippen molar-refractivity contribution in [2.45, 2.75) is 89.9 Å². The third-order valence-electron chi connectivity index (χ3n) is 12.9. The van der Waals surface area contributed by atoms with Gasteiger partial charge in [-0.3, -0.25) is 14.5 Å². The van der Waals surface area contributed by atoms with Crippen LogP contribution in [0.3, 0.4) is 0 Å². The Bertz CT molecular complexity index is 1950. The Labute approximate surface area is 343 Å². The van der Waals surface area contributed by atoms with Gasteiger partial charge in [0.05, 0.1) is 19.3 Å². The van der Waals surface area contributed by atoms with E-state index >= 15 is 0 Å². The minimum atomic E-state index is -3.31.